The third-order valence-electron chi connectivity index (χ3n) is 4.70. The second-order valence-electron chi connectivity index (χ2n) is 6.80. The maximum Gasteiger partial charge on any atom is 0.339 e. The molecule has 4 rings (SSSR count). The third kappa shape index (κ3) is 4.14. The van der Waals surface area contributed by atoms with Crippen molar-refractivity contribution < 1.29 is 22.7 Å². The molecular weight excluding hydrogens is 394 g/mol. The maximum absolute atomic E-state index is 12.5. The second kappa shape index (κ2) is 7.67. The molecule has 9 heteroatoms. The van der Waals surface area contributed by atoms with Gasteiger partial charge in [0, 0.05) is 24.2 Å². The summed E-state index contributed by atoms with van der Waals surface area (Å²) in [6, 6.07) is 12.9. The highest BCUT2D eigenvalue weighted by Crippen LogP contribution is 2.33. The normalized spacial score (nSPS) is 18.0. The van der Waals surface area contributed by atoms with Crippen LogP contribution in [-0.2, 0) is 19.6 Å². The van der Waals surface area contributed by atoms with Crippen molar-refractivity contribution in [1.82, 2.24) is 4.72 Å². The maximum atomic E-state index is 12.5. The highest BCUT2D eigenvalue weighted by atomic mass is 32.2. The summed E-state index contributed by atoms with van der Waals surface area (Å²) in [7, 11) is -3.77. The van der Waals surface area contributed by atoms with Gasteiger partial charge in [-0.1, -0.05) is 24.3 Å². The number of esters is 1. The fourth-order valence-electron chi connectivity index (χ4n) is 3.33. The number of rotatable bonds is 5. The zero-order chi connectivity index (χ0) is 20.4. The van der Waals surface area contributed by atoms with E-state index in [0.29, 0.717) is 35.6 Å². The van der Waals surface area contributed by atoms with Gasteiger partial charge in [0.05, 0.1) is 16.9 Å². The first-order chi connectivity index (χ1) is 13.9. The second-order valence-corrected chi connectivity index (χ2v) is 8.48. The molecule has 2 aromatic rings. The lowest BCUT2D eigenvalue weighted by atomic mass is 10.0. The van der Waals surface area contributed by atoms with Crippen molar-refractivity contribution in [2.45, 2.75) is 30.3 Å². The fourth-order valence-corrected chi connectivity index (χ4v) is 4.46. The Bertz CT molecular complexity index is 1110. The van der Waals surface area contributed by atoms with Crippen LogP contribution in [0.2, 0.25) is 0 Å². The molecule has 1 unspecified atom stereocenters. The Morgan fingerprint density at radius 2 is 2.00 bits per heavy atom. The lowest BCUT2D eigenvalue weighted by Gasteiger charge is -2.12. The SMILES string of the molecule is O=C(CC1OC(=O)c2ccccc21)Nc1cccc(S(=O)(=O)NC2=NCCC2)c1. The van der Waals surface area contributed by atoms with Gasteiger partial charge in [-0.3, -0.25) is 14.5 Å². The van der Waals surface area contributed by atoms with Gasteiger partial charge >= 0.3 is 5.97 Å². The molecule has 1 atom stereocenters. The van der Waals surface area contributed by atoms with Gasteiger partial charge in [-0.15, -0.1) is 0 Å². The highest BCUT2D eigenvalue weighted by Gasteiger charge is 2.32. The van der Waals surface area contributed by atoms with Gasteiger partial charge in [0.2, 0.25) is 5.91 Å². The predicted molar refractivity (Wildman–Crippen MR) is 106 cm³/mol. The third-order valence-corrected chi connectivity index (χ3v) is 6.08. The van der Waals surface area contributed by atoms with Crippen molar-refractivity contribution in [3.05, 3.63) is 59.7 Å². The largest absolute Gasteiger partial charge is 0.453 e. The highest BCUT2D eigenvalue weighted by molar-refractivity contribution is 7.90. The van der Waals surface area contributed by atoms with Gasteiger partial charge in [-0.05, 0) is 30.7 Å². The van der Waals surface area contributed by atoms with Crippen LogP contribution in [0.1, 0.15) is 41.3 Å². The topological polar surface area (TPSA) is 114 Å². The molecule has 0 fully saturated rings. The van der Waals surface area contributed by atoms with E-state index in [-0.39, 0.29) is 17.2 Å². The summed E-state index contributed by atoms with van der Waals surface area (Å²) < 4.78 is 32.8. The van der Waals surface area contributed by atoms with Gasteiger partial charge in [0.1, 0.15) is 11.9 Å². The summed E-state index contributed by atoms with van der Waals surface area (Å²) in [5, 5.41) is 2.67. The molecule has 0 aromatic heterocycles. The minimum absolute atomic E-state index is 0.0301. The van der Waals surface area contributed by atoms with Crippen LogP contribution in [0.4, 0.5) is 5.69 Å². The summed E-state index contributed by atoms with van der Waals surface area (Å²) in [6.07, 6.45) is 0.696. The van der Waals surface area contributed by atoms with E-state index in [9.17, 15) is 18.0 Å². The molecule has 0 spiro atoms. The molecule has 2 N–H and O–H groups in total. The Balaban J connectivity index is 1.44. The smallest absolute Gasteiger partial charge is 0.339 e. The standard InChI is InChI=1S/C20H19N3O5S/c24-19(12-17-15-7-1-2-8-16(15)20(25)28-17)22-13-5-3-6-14(11-13)29(26,27)23-18-9-4-10-21-18/h1-3,5-8,11,17H,4,9-10,12H2,(H,21,23)(H,22,24). The molecule has 2 aliphatic heterocycles. The number of amidine groups is 1. The summed E-state index contributed by atoms with van der Waals surface area (Å²) >= 11 is 0. The first-order valence-electron chi connectivity index (χ1n) is 9.18. The number of carbonyl (C=O) groups excluding carboxylic acids is 2. The quantitative estimate of drug-likeness (QED) is 0.731. The molecule has 0 saturated carbocycles. The van der Waals surface area contributed by atoms with Crippen molar-refractivity contribution in [2.75, 3.05) is 11.9 Å². The zero-order valence-corrected chi connectivity index (χ0v) is 16.2. The van der Waals surface area contributed by atoms with Crippen LogP contribution in [0.5, 0.6) is 0 Å². The Labute approximate surface area is 168 Å². The van der Waals surface area contributed by atoms with E-state index in [1.54, 1.807) is 36.4 Å². The van der Waals surface area contributed by atoms with Crippen molar-refractivity contribution >= 4 is 33.4 Å². The molecule has 0 saturated heterocycles. The lowest BCUT2D eigenvalue weighted by Crippen LogP contribution is -2.29. The minimum atomic E-state index is -3.77. The molecule has 2 heterocycles. The van der Waals surface area contributed by atoms with E-state index in [0.717, 1.165) is 6.42 Å². The van der Waals surface area contributed by atoms with E-state index >= 15 is 0 Å². The van der Waals surface area contributed by atoms with Gasteiger partial charge in [-0.25, -0.2) is 13.2 Å². The number of ether oxygens (including phenoxy) is 1. The number of carbonyl (C=O) groups is 2. The first kappa shape index (κ1) is 19.1. The zero-order valence-electron chi connectivity index (χ0n) is 15.4. The van der Waals surface area contributed by atoms with E-state index < -0.39 is 22.1 Å². The summed E-state index contributed by atoms with van der Waals surface area (Å²) in [5.41, 5.74) is 1.47. The van der Waals surface area contributed by atoms with Crippen LogP contribution in [0.15, 0.2) is 58.4 Å². The fraction of sp³-hybridized carbons (Fsp3) is 0.250. The molecular formula is C20H19N3O5S. The van der Waals surface area contributed by atoms with Crippen LogP contribution in [0, 0.1) is 0 Å². The first-order valence-corrected chi connectivity index (χ1v) is 10.7. The molecule has 2 aliphatic rings. The Kier molecular flexibility index (Phi) is 5.06. The molecule has 29 heavy (non-hydrogen) atoms. The number of anilines is 1. The molecule has 2 aromatic carbocycles. The molecule has 0 aliphatic carbocycles. The van der Waals surface area contributed by atoms with Gasteiger partial charge < -0.3 is 10.1 Å². The van der Waals surface area contributed by atoms with Crippen molar-refractivity contribution in [3.63, 3.8) is 0 Å². The average molecular weight is 413 g/mol. The van der Waals surface area contributed by atoms with Crippen molar-refractivity contribution in [2.24, 2.45) is 4.99 Å². The number of sulfonamides is 1. The number of fused-ring (bicyclic) bond motifs is 1. The number of hydrogen-bond acceptors (Lipinski definition) is 6. The lowest BCUT2D eigenvalue weighted by molar-refractivity contribution is -0.118. The van der Waals surface area contributed by atoms with Crippen LogP contribution in [0.25, 0.3) is 0 Å². The van der Waals surface area contributed by atoms with Crippen LogP contribution in [0.3, 0.4) is 0 Å². The Morgan fingerprint density at radius 3 is 2.79 bits per heavy atom. The number of hydrogen-bond donors (Lipinski definition) is 2. The summed E-state index contributed by atoms with van der Waals surface area (Å²) in [6.45, 7) is 0.614. The molecule has 1 amide bonds. The van der Waals surface area contributed by atoms with E-state index in [1.165, 1.54) is 12.1 Å². The predicted octanol–water partition coefficient (Wildman–Crippen LogP) is 2.40. The van der Waals surface area contributed by atoms with Crippen LogP contribution in [-0.4, -0.2) is 32.7 Å². The van der Waals surface area contributed by atoms with Gasteiger partial charge in [-0.2, -0.15) is 0 Å². The van der Waals surface area contributed by atoms with Gasteiger partial charge in [0.25, 0.3) is 10.0 Å². The molecule has 150 valence electrons. The number of nitrogens with zero attached hydrogens (tertiary/aromatic N) is 1. The van der Waals surface area contributed by atoms with Crippen molar-refractivity contribution in [3.8, 4) is 0 Å². The number of cyclic esters (lactones) is 1. The number of nitrogens with one attached hydrogen (secondary N) is 2. The van der Waals surface area contributed by atoms with E-state index in [1.807, 2.05) is 0 Å². The Hall–Kier alpha value is -3.20. The van der Waals surface area contributed by atoms with Gasteiger partial charge in [0.15, 0.2) is 0 Å². The van der Waals surface area contributed by atoms with E-state index in [2.05, 4.69) is 15.0 Å². The monoisotopic (exact) mass is 413 g/mol. The molecule has 0 radical (unpaired) electrons. The van der Waals surface area contributed by atoms with Crippen LogP contribution < -0.4 is 10.0 Å². The number of amides is 1. The summed E-state index contributed by atoms with van der Waals surface area (Å²) in [4.78, 5) is 28.5. The number of benzene rings is 2. The molecule has 8 nitrogen and oxygen atoms in total. The minimum Gasteiger partial charge on any atom is -0.453 e. The average Bonchev–Trinajstić information content (AvgIpc) is 3.30. The molecule has 0 bridgehead atoms. The summed E-state index contributed by atoms with van der Waals surface area (Å²) in [5.74, 6) is -0.393. The van der Waals surface area contributed by atoms with Crippen LogP contribution >= 0.6 is 0 Å². The Morgan fingerprint density at radius 1 is 1.17 bits per heavy atom. The number of aliphatic imine (C=N–C) groups is 1. The van der Waals surface area contributed by atoms with E-state index in [4.69, 9.17) is 4.74 Å². The van der Waals surface area contributed by atoms with Crippen molar-refractivity contribution in [1.29, 1.82) is 0 Å².